The van der Waals surface area contributed by atoms with Gasteiger partial charge in [-0.1, -0.05) is 0 Å². The van der Waals surface area contributed by atoms with Crippen molar-refractivity contribution >= 4 is 11.5 Å². The van der Waals surface area contributed by atoms with Crippen LogP contribution in [0.1, 0.15) is 33.9 Å². The van der Waals surface area contributed by atoms with E-state index in [2.05, 4.69) is 5.32 Å². The quantitative estimate of drug-likeness (QED) is 0.679. The molecule has 124 valence electrons. The van der Waals surface area contributed by atoms with Gasteiger partial charge in [0.25, 0.3) is 0 Å². The smallest absolute Gasteiger partial charge is 0.223 e. The average Bonchev–Trinajstić information content (AvgIpc) is 2.88. The Morgan fingerprint density at radius 3 is 2.71 bits per heavy atom. The van der Waals surface area contributed by atoms with Crippen molar-refractivity contribution < 1.29 is 18.7 Å². The third-order valence-electron chi connectivity index (χ3n) is 4.23. The van der Waals surface area contributed by atoms with Gasteiger partial charge in [-0.2, -0.15) is 0 Å². The maximum Gasteiger partial charge on any atom is 0.223 e. The lowest BCUT2D eigenvalue weighted by atomic mass is 9.96. The number of carbonyl (C=O) groups excluding carboxylic acids is 1. The first kappa shape index (κ1) is 14.9. The van der Waals surface area contributed by atoms with Crippen LogP contribution in [0.3, 0.4) is 0 Å². The van der Waals surface area contributed by atoms with Crippen LogP contribution >= 0.6 is 0 Å². The molecule has 0 spiro atoms. The second kappa shape index (κ2) is 6.07. The SMILES string of the molecule is Cc1ccc(C(=O)/C=C2\NCCc3cc4c(cc32)OCCCO4)o1. The Kier molecular flexibility index (Phi) is 3.76. The number of benzene rings is 1. The number of allylic oxidation sites excluding steroid dienone is 1. The molecule has 2 aliphatic heterocycles. The van der Waals surface area contributed by atoms with E-state index in [1.807, 2.05) is 19.1 Å². The number of furan rings is 1. The summed E-state index contributed by atoms with van der Waals surface area (Å²) < 4.78 is 16.9. The molecule has 0 radical (unpaired) electrons. The molecule has 0 fully saturated rings. The van der Waals surface area contributed by atoms with E-state index < -0.39 is 0 Å². The van der Waals surface area contributed by atoms with Gasteiger partial charge < -0.3 is 19.2 Å². The van der Waals surface area contributed by atoms with Gasteiger partial charge in [0, 0.05) is 30.3 Å². The van der Waals surface area contributed by atoms with Crippen molar-refractivity contribution in [3.63, 3.8) is 0 Å². The Bertz CT molecular complexity index is 819. The van der Waals surface area contributed by atoms with Crippen LogP contribution in [0.5, 0.6) is 11.5 Å². The number of ether oxygens (including phenoxy) is 2. The Hall–Kier alpha value is -2.69. The van der Waals surface area contributed by atoms with E-state index in [0.29, 0.717) is 19.0 Å². The third kappa shape index (κ3) is 2.77. The maximum atomic E-state index is 12.4. The summed E-state index contributed by atoms with van der Waals surface area (Å²) in [5, 5.41) is 3.31. The summed E-state index contributed by atoms with van der Waals surface area (Å²) in [6, 6.07) is 7.49. The molecule has 1 aromatic carbocycles. The van der Waals surface area contributed by atoms with E-state index in [9.17, 15) is 4.79 Å². The molecule has 1 N–H and O–H groups in total. The van der Waals surface area contributed by atoms with Crippen LogP contribution in [0.4, 0.5) is 0 Å². The normalized spacial score (nSPS) is 17.8. The number of fused-ring (bicyclic) bond motifs is 2. The highest BCUT2D eigenvalue weighted by Gasteiger charge is 2.21. The second-order valence-electron chi connectivity index (χ2n) is 6.02. The standard InChI is InChI=1S/C19H19NO4/c1-12-3-4-17(24-12)16(21)11-15-14-10-19-18(22-7-2-8-23-19)9-13(14)5-6-20-15/h3-4,9-11,20H,2,5-8H2,1H3/b15-11-. The minimum Gasteiger partial charge on any atom is -0.490 e. The molecule has 1 aromatic heterocycles. The molecule has 0 saturated heterocycles. The van der Waals surface area contributed by atoms with Gasteiger partial charge in [-0.25, -0.2) is 0 Å². The van der Waals surface area contributed by atoms with Gasteiger partial charge in [0.15, 0.2) is 17.3 Å². The summed E-state index contributed by atoms with van der Waals surface area (Å²) >= 11 is 0. The van der Waals surface area contributed by atoms with Crippen LogP contribution < -0.4 is 14.8 Å². The molecule has 0 atom stereocenters. The number of nitrogens with one attached hydrogen (secondary N) is 1. The summed E-state index contributed by atoms with van der Waals surface area (Å²) in [5.41, 5.74) is 2.95. The maximum absolute atomic E-state index is 12.4. The van der Waals surface area contributed by atoms with Crippen LogP contribution in [0.2, 0.25) is 0 Å². The van der Waals surface area contributed by atoms with Crippen LogP contribution in [0.15, 0.2) is 34.8 Å². The summed E-state index contributed by atoms with van der Waals surface area (Å²) in [5.74, 6) is 2.46. The highest BCUT2D eigenvalue weighted by molar-refractivity contribution is 6.06. The number of hydrogen-bond acceptors (Lipinski definition) is 5. The highest BCUT2D eigenvalue weighted by atomic mass is 16.5. The fourth-order valence-electron chi connectivity index (χ4n) is 3.03. The highest BCUT2D eigenvalue weighted by Crippen LogP contribution is 2.36. The van der Waals surface area contributed by atoms with E-state index >= 15 is 0 Å². The molecule has 2 aromatic rings. The number of ketones is 1. The van der Waals surface area contributed by atoms with Crippen molar-refractivity contribution in [1.82, 2.24) is 5.32 Å². The van der Waals surface area contributed by atoms with E-state index in [1.165, 1.54) is 0 Å². The first-order valence-electron chi connectivity index (χ1n) is 8.20. The molecule has 0 aliphatic carbocycles. The van der Waals surface area contributed by atoms with Gasteiger partial charge in [-0.05, 0) is 43.2 Å². The second-order valence-corrected chi connectivity index (χ2v) is 6.02. The van der Waals surface area contributed by atoms with Crippen molar-refractivity contribution in [1.29, 1.82) is 0 Å². The van der Waals surface area contributed by atoms with Crippen molar-refractivity contribution in [3.05, 3.63) is 53.0 Å². The van der Waals surface area contributed by atoms with E-state index in [-0.39, 0.29) is 5.78 Å². The van der Waals surface area contributed by atoms with Crippen LogP contribution in [0.25, 0.3) is 5.70 Å². The summed E-state index contributed by atoms with van der Waals surface area (Å²) in [7, 11) is 0. The predicted octanol–water partition coefficient (Wildman–Crippen LogP) is 3.12. The lowest BCUT2D eigenvalue weighted by molar-refractivity contribution is 0.102. The Balaban J connectivity index is 1.71. The van der Waals surface area contributed by atoms with Gasteiger partial charge in [-0.3, -0.25) is 4.79 Å². The zero-order valence-corrected chi connectivity index (χ0v) is 13.6. The number of carbonyl (C=O) groups is 1. The molecule has 5 nitrogen and oxygen atoms in total. The van der Waals surface area contributed by atoms with E-state index in [4.69, 9.17) is 13.9 Å². The largest absolute Gasteiger partial charge is 0.490 e. The lowest BCUT2D eigenvalue weighted by Gasteiger charge is -2.22. The molecule has 0 unspecified atom stereocenters. The lowest BCUT2D eigenvalue weighted by Crippen LogP contribution is -2.23. The fraction of sp³-hybridized carbons (Fsp3) is 0.316. The van der Waals surface area contributed by atoms with Gasteiger partial charge in [0.2, 0.25) is 5.78 Å². The molecule has 0 saturated carbocycles. The summed E-state index contributed by atoms with van der Waals surface area (Å²) in [4.78, 5) is 12.4. The van der Waals surface area contributed by atoms with Crippen molar-refractivity contribution in [2.75, 3.05) is 19.8 Å². The topological polar surface area (TPSA) is 60.7 Å². The zero-order chi connectivity index (χ0) is 16.5. The molecular weight excluding hydrogens is 306 g/mol. The molecule has 3 heterocycles. The van der Waals surface area contributed by atoms with Gasteiger partial charge in [-0.15, -0.1) is 0 Å². The molecule has 2 aliphatic rings. The van der Waals surface area contributed by atoms with Crippen LogP contribution in [-0.4, -0.2) is 25.5 Å². The monoisotopic (exact) mass is 325 g/mol. The summed E-state index contributed by atoms with van der Waals surface area (Å²) in [6.07, 6.45) is 3.36. The van der Waals surface area contributed by atoms with E-state index in [1.54, 1.807) is 18.2 Å². The zero-order valence-electron chi connectivity index (χ0n) is 13.6. The van der Waals surface area contributed by atoms with Crippen molar-refractivity contribution in [3.8, 4) is 11.5 Å². The fourth-order valence-corrected chi connectivity index (χ4v) is 3.03. The Morgan fingerprint density at radius 1 is 1.17 bits per heavy atom. The molecular formula is C19H19NO4. The number of hydrogen-bond donors (Lipinski definition) is 1. The predicted molar refractivity (Wildman–Crippen MR) is 89.5 cm³/mol. The minimum absolute atomic E-state index is 0.148. The minimum atomic E-state index is -0.148. The first-order chi connectivity index (χ1) is 11.7. The van der Waals surface area contributed by atoms with Crippen LogP contribution in [-0.2, 0) is 6.42 Å². The summed E-state index contributed by atoms with van der Waals surface area (Å²) in [6.45, 7) is 3.92. The molecule has 0 bridgehead atoms. The Labute approximate surface area is 140 Å². The molecule has 0 amide bonds. The number of rotatable bonds is 2. The van der Waals surface area contributed by atoms with E-state index in [0.717, 1.165) is 53.5 Å². The average molecular weight is 325 g/mol. The molecule has 5 heteroatoms. The van der Waals surface area contributed by atoms with Gasteiger partial charge in [0.1, 0.15) is 5.76 Å². The molecule has 24 heavy (non-hydrogen) atoms. The molecule has 4 rings (SSSR count). The van der Waals surface area contributed by atoms with Gasteiger partial charge >= 0.3 is 0 Å². The number of aryl methyl sites for hydroxylation is 1. The van der Waals surface area contributed by atoms with Crippen molar-refractivity contribution in [2.24, 2.45) is 0 Å². The first-order valence-corrected chi connectivity index (χ1v) is 8.20. The Morgan fingerprint density at radius 2 is 1.96 bits per heavy atom. The van der Waals surface area contributed by atoms with Crippen LogP contribution in [0, 0.1) is 6.92 Å². The van der Waals surface area contributed by atoms with Crippen molar-refractivity contribution in [2.45, 2.75) is 19.8 Å². The van der Waals surface area contributed by atoms with Gasteiger partial charge in [0.05, 0.1) is 13.2 Å². The third-order valence-corrected chi connectivity index (χ3v) is 4.23.